The molecule has 76 valence electrons. The van der Waals surface area contributed by atoms with E-state index < -0.39 is 0 Å². The van der Waals surface area contributed by atoms with Crippen LogP contribution in [0.1, 0.15) is 26.3 Å². The SMILES string of the molecule is CC(C)(C)c1ccc([N+](=O)[O-])c(I)c1. The molecule has 3 nitrogen and oxygen atoms in total. The van der Waals surface area contributed by atoms with Gasteiger partial charge in [0.15, 0.2) is 0 Å². The molecule has 1 aromatic carbocycles. The van der Waals surface area contributed by atoms with E-state index in [0.717, 1.165) is 5.56 Å². The lowest BCUT2D eigenvalue weighted by atomic mass is 9.87. The monoisotopic (exact) mass is 305 g/mol. The predicted molar refractivity (Wildman–Crippen MR) is 64.5 cm³/mol. The number of nitro benzene ring substituents is 1. The molecule has 14 heavy (non-hydrogen) atoms. The van der Waals surface area contributed by atoms with Crippen LogP contribution in [-0.4, -0.2) is 4.92 Å². The summed E-state index contributed by atoms with van der Waals surface area (Å²) in [5.41, 5.74) is 1.33. The highest BCUT2D eigenvalue weighted by Gasteiger charge is 2.18. The van der Waals surface area contributed by atoms with Crippen LogP contribution in [0.5, 0.6) is 0 Å². The summed E-state index contributed by atoms with van der Waals surface area (Å²) in [4.78, 5) is 10.2. The Bertz CT molecular complexity index is 369. The van der Waals surface area contributed by atoms with Gasteiger partial charge < -0.3 is 0 Å². The summed E-state index contributed by atoms with van der Waals surface area (Å²) in [6, 6.07) is 5.27. The second-order valence-electron chi connectivity index (χ2n) is 4.17. The van der Waals surface area contributed by atoms with Crippen LogP contribution in [0, 0.1) is 13.7 Å². The molecule has 0 spiro atoms. The van der Waals surface area contributed by atoms with Crippen LogP contribution in [0.3, 0.4) is 0 Å². The maximum absolute atomic E-state index is 10.6. The molecule has 1 rings (SSSR count). The molecule has 4 heteroatoms. The van der Waals surface area contributed by atoms with Crippen molar-refractivity contribution in [2.24, 2.45) is 0 Å². The number of rotatable bonds is 1. The van der Waals surface area contributed by atoms with Gasteiger partial charge in [-0.05, 0) is 39.6 Å². The van der Waals surface area contributed by atoms with E-state index in [1.54, 1.807) is 6.07 Å². The third-order valence-electron chi connectivity index (χ3n) is 2.01. The summed E-state index contributed by atoms with van der Waals surface area (Å²) < 4.78 is 0.694. The van der Waals surface area contributed by atoms with E-state index in [9.17, 15) is 10.1 Å². The Morgan fingerprint density at radius 1 is 1.36 bits per heavy atom. The Kier molecular flexibility index (Phi) is 3.14. The zero-order valence-electron chi connectivity index (χ0n) is 8.37. The average Bonchev–Trinajstić information content (AvgIpc) is 2.01. The summed E-state index contributed by atoms with van der Waals surface area (Å²) in [6.45, 7) is 6.26. The molecular formula is C10H12INO2. The number of hydrogen-bond acceptors (Lipinski definition) is 2. The Morgan fingerprint density at radius 3 is 2.29 bits per heavy atom. The van der Waals surface area contributed by atoms with Gasteiger partial charge in [0, 0.05) is 6.07 Å². The summed E-state index contributed by atoms with van der Waals surface area (Å²) in [5.74, 6) is 0. The highest BCUT2D eigenvalue weighted by Crippen LogP contribution is 2.28. The molecule has 0 aliphatic heterocycles. The van der Waals surface area contributed by atoms with Crippen molar-refractivity contribution in [1.82, 2.24) is 0 Å². The number of nitrogens with zero attached hydrogens (tertiary/aromatic N) is 1. The van der Waals surface area contributed by atoms with Gasteiger partial charge in [0.25, 0.3) is 5.69 Å². The van der Waals surface area contributed by atoms with Crippen molar-refractivity contribution in [3.63, 3.8) is 0 Å². The lowest BCUT2D eigenvalue weighted by Gasteiger charge is -2.18. The first-order valence-electron chi connectivity index (χ1n) is 4.27. The fraction of sp³-hybridized carbons (Fsp3) is 0.400. The molecule has 0 N–H and O–H groups in total. The Morgan fingerprint density at radius 2 is 1.93 bits per heavy atom. The van der Waals surface area contributed by atoms with E-state index in [1.807, 2.05) is 34.7 Å². The first-order chi connectivity index (χ1) is 6.32. The van der Waals surface area contributed by atoms with Gasteiger partial charge in [-0.15, -0.1) is 0 Å². The highest BCUT2D eigenvalue weighted by molar-refractivity contribution is 14.1. The lowest BCUT2D eigenvalue weighted by molar-refractivity contribution is -0.385. The molecule has 0 unspecified atom stereocenters. The first-order valence-corrected chi connectivity index (χ1v) is 5.34. The molecular weight excluding hydrogens is 293 g/mol. The first kappa shape index (κ1) is 11.4. The molecule has 0 saturated carbocycles. The molecule has 0 atom stereocenters. The van der Waals surface area contributed by atoms with Gasteiger partial charge in [-0.2, -0.15) is 0 Å². The van der Waals surface area contributed by atoms with Gasteiger partial charge >= 0.3 is 0 Å². The van der Waals surface area contributed by atoms with Gasteiger partial charge in [0.2, 0.25) is 0 Å². The second kappa shape index (κ2) is 3.84. The van der Waals surface area contributed by atoms with E-state index in [4.69, 9.17) is 0 Å². The van der Waals surface area contributed by atoms with Crippen LogP contribution in [0.15, 0.2) is 18.2 Å². The van der Waals surface area contributed by atoms with E-state index in [0.29, 0.717) is 3.57 Å². The molecule has 0 amide bonds. The molecule has 0 aliphatic carbocycles. The molecule has 0 fully saturated rings. The minimum absolute atomic E-state index is 0.0368. The van der Waals surface area contributed by atoms with Crippen molar-refractivity contribution in [2.75, 3.05) is 0 Å². The van der Waals surface area contributed by atoms with Gasteiger partial charge in [0.1, 0.15) is 0 Å². The maximum atomic E-state index is 10.6. The predicted octanol–water partition coefficient (Wildman–Crippen LogP) is 3.50. The summed E-state index contributed by atoms with van der Waals surface area (Å²) in [6.07, 6.45) is 0. The standard InChI is InChI=1S/C10H12INO2/c1-10(2,3)7-4-5-9(12(13)14)8(11)6-7/h4-6H,1-3H3. The number of benzene rings is 1. The quantitative estimate of drug-likeness (QED) is 0.453. The minimum atomic E-state index is -0.353. The number of halogens is 1. The number of hydrogen-bond donors (Lipinski definition) is 0. The van der Waals surface area contributed by atoms with Crippen molar-refractivity contribution in [2.45, 2.75) is 26.2 Å². The normalized spacial score (nSPS) is 11.4. The summed E-state index contributed by atoms with van der Waals surface area (Å²) in [5, 5.41) is 10.6. The highest BCUT2D eigenvalue weighted by atomic mass is 127. The third-order valence-corrected chi connectivity index (χ3v) is 2.87. The molecule has 0 heterocycles. The Balaban J connectivity index is 3.20. The molecule has 0 aromatic heterocycles. The van der Waals surface area contributed by atoms with Crippen LogP contribution < -0.4 is 0 Å². The van der Waals surface area contributed by atoms with Crippen molar-refractivity contribution in [3.05, 3.63) is 37.4 Å². The largest absolute Gasteiger partial charge is 0.282 e. The van der Waals surface area contributed by atoms with Crippen LogP contribution >= 0.6 is 22.6 Å². The zero-order chi connectivity index (χ0) is 10.9. The van der Waals surface area contributed by atoms with Gasteiger partial charge in [-0.3, -0.25) is 10.1 Å². The molecule has 0 aliphatic rings. The van der Waals surface area contributed by atoms with E-state index in [1.165, 1.54) is 0 Å². The molecule has 0 saturated heterocycles. The maximum Gasteiger partial charge on any atom is 0.282 e. The molecule has 0 radical (unpaired) electrons. The topological polar surface area (TPSA) is 43.1 Å². The van der Waals surface area contributed by atoms with E-state index >= 15 is 0 Å². The lowest BCUT2D eigenvalue weighted by Crippen LogP contribution is -2.11. The Hall–Kier alpha value is -0.650. The summed E-state index contributed by atoms with van der Waals surface area (Å²) in [7, 11) is 0. The third kappa shape index (κ3) is 2.43. The van der Waals surface area contributed by atoms with Gasteiger partial charge in [0.05, 0.1) is 8.49 Å². The van der Waals surface area contributed by atoms with E-state index in [-0.39, 0.29) is 16.0 Å². The van der Waals surface area contributed by atoms with Crippen LogP contribution in [0.25, 0.3) is 0 Å². The van der Waals surface area contributed by atoms with Crippen molar-refractivity contribution >= 4 is 28.3 Å². The fourth-order valence-electron chi connectivity index (χ4n) is 1.12. The minimum Gasteiger partial charge on any atom is -0.258 e. The van der Waals surface area contributed by atoms with Crippen molar-refractivity contribution in [1.29, 1.82) is 0 Å². The van der Waals surface area contributed by atoms with Crippen molar-refractivity contribution < 1.29 is 4.92 Å². The van der Waals surface area contributed by atoms with Crippen LogP contribution in [0.2, 0.25) is 0 Å². The molecule has 0 bridgehead atoms. The summed E-state index contributed by atoms with van der Waals surface area (Å²) >= 11 is 2.00. The smallest absolute Gasteiger partial charge is 0.258 e. The number of nitro groups is 1. The molecule has 1 aromatic rings. The van der Waals surface area contributed by atoms with Crippen molar-refractivity contribution in [3.8, 4) is 0 Å². The zero-order valence-corrected chi connectivity index (χ0v) is 10.5. The average molecular weight is 305 g/mol. The van der Waals surface area contributed by atoms with Gasteiger partial charge in [-0.1, -0.05) is 26.8 Å². The van der Waals surface area contributed by atoms with E-state index in [2.05, 4.69) is 20.8 Å². The van der Waals surface area contributed by atoms with Crippen LogP contribution in [0.4, 0.5) is 5.69 Å². The van der Waals surface area contributed by atoms with Crippen LogP contribution in [-0.2, 0) is 5.41 Å². The fourth-order valence-corrected chi connectivity index (χ4v) is 1.83. The Labute approximate surface area is 96.8 Å². The second-order valence-corrected chi connectivity index (χ2v) is 5.34. The van der Waals surface area contributed by atoms with Gasteiger partial charge in [-0.25, -0.2) is 0 Å².